The number of hydrazone groups is 1. The molecule has 172 valence electrons. The minimum absolute atomic E-state index is 0.150. The van der Waals surface area contributed by atoms with Crippen molar-refractivity contribution in [2.75, 3.05) is 5.01 Å². The maximum Gasteiger partial charge on any atom is 0.416 e. The van der Waals surface area contributed by atoms with Crippen LogP contribution in [0.5, 0.6) is 11.5 Å². The van der Waals surface area contributed by atoms with E-state index in [0.29, 0.717) is 34.7 Å². The minimum Gasteiger partial charge on any atom is -0.450 e. The fourth-order valence-corrected chi connectivity index (χ4v) is 3.31. The second kappa shape index (κ2) is 8.81. The molecule has 0 atom stereocenters. The third-order valence-corrected chi connectivity index (χ3v) is 4.94. The highest BCUT2D eigenvalue weighted by molar-refractivity contribution is 6.32. The third-order valence-electron chi connectivity index (χ3n) is 4.94. The molecule has 34 heavy (non-hydrogen) atoms. The van der Waals surface area contributed by atoms with Gasteiger partial charge in [-0.15, -0.1) is 0 Å². The number of nitro benzene ring substituents is 1. The van der Waals surface area contributed by atoms with Crippen molar-refractivity contribution in [3.63, 3.8) is 0 Å². The smallest absolute Gasteiger partial charge is 0.416 e. The minimum atomic E-state index is -4.73. The molecule has 0 aromatic heterocycles. The van der Waals surface area contributed by atoms with Crippen molar-refractivity contribution >= 4 is 29.1 Å². The third kappa shape index (κ3) is 4.65. The number of anilines is 1. The summed E-state index contributed by atoms with van der Waals surface area (Å²) in [4.78, 5) is 23.2. The average Bonchev–Trinajstić information content (AvgIpc) is 3.07. The normalized spacial score (nSPS) is 14.9. The van der Waals surface area contributed by atoms with Crippen LogP contribution in [-0.2, 0) is 11.0 Å². The lowest BCUT2D eigenvalue weighted by Gasteiger charge is -2.11. The Kier molecular flexibility index (Phi) is 5.89. The topological polar surface area (TPSA) is 85.0 Å². The van der Waals surface area contributed by atoms with Crippen molar-refractivity contribution in [3.8, 4) is 11.5 Å². The number of para-hydroxylation sites is 1. The molecule has 0 saturated carbocycles. The van der Waals surface area contributed by atoms with Crippen LogP contribution in [-0.4, -0.2) is 16.5 Å². The first-order valence-corrected chi connectivity index (χ1v) is 9.94. The van der Waals surface area contributed by atoms with Crippen LogP contribution in [0.4, 0.5) is 24.5 Å². The van der Waals surface area contributed by atoms with Gasteiger partial charge < -0.3 is 4.74 Å². The van der Waals surface area contributed by atoms with Crippen molar-refractivity contribution < 1.29 is 27.6 Å². The molecule has 0 spiro atoms. The van der Waals surface area contributed by atoms with E-state index in [0.717, 1.165) is 6.07 Å². The van der Waals surface area contributed by atoms with E-state index in [2.05, 4.69) is 5.10 Å². The number of hydrogen-bond donors (Lipinski definition) is 0. The van der Waals surface area contributed by atoms with Crippen LogP contribution in [0, 0.1) is 10.1 Å². The lowest BCUT2D eigenvalue weighted by atomic mass is 10.1. The molecule has 0 fully saturated rings. The Labute approximate surface area is 191 Å². The van der Waals surface area contributed by atoms with Gasteiger partial charge in [-0.2, -0.15) is 23.3 Å². The van der Waals surface area contributed by atoms with E-state index in [-0.39, 0.29) is 17.4 Å². The summed E-state index contributed by atoms with van der Waals surface area (Å²) in [5.41, 5.74) is 0.0374. The predicted molar refractivity (Wildman–Crippen MR) is 120 cm³/mol. The summed E-state index contributed by atoms with van der Waals surface area (Å²) in [5, 5.41) is 16.9. The van der Waals surface area contributed by atoms with Crippen LogP contribution in [0.2, 0.25) is 0 Å². The second-order valence-electron chi connectivity index (χ2n) is 7.31. The SMILES string of the molecule is CC1=NN(c2ccccc2)C(=O)/C1=C/c1cccc(Oc2ccc(C(F)(F)F)cc2[N+](=O)[O-])c1. The van der Waals surface area contributed by atoms with Crippen molar-refractivity contribution in [2.24, 2.45) is 5.10 Å². The van der Waals surface area contributed by atoms with E-state index in [1.165, 1.54) is 17.1 Å². The number of benzene rings is 3. The number of hydrogen-bond acceptors (Lipinski definition) is 5. The zero-order valence-corrected chi connectivity index (χ0v) is 17.6. The molecule has 10 heteroatoms. The van der Waals surface area contributed by atoms with Crippen LogP contribution in [0.25, 0.3) is 6.08 Å². The van der Waals surface area contributed by atoms with Gasteiger partial charge in [-0.05, 0) is 55.0 Å². The first-order valence-electron chi connectivity index (χ1n) is 9.94. The van der Waals surface area contributed by atoms with E-state index >= 15 is 0 Å². The number of nitrogens with zero attached hydrogens (tertiary/aromatic N) is 3. The molecular weight excluding hydrogens is 451 g/mol. The lowest BCUT2D eigenvalue weighted by molar-refractivity contribution is -0.385. The molecule has 4 rings (SSSR count). The van der Waals surface area contributed by atoms with E-state index in [1.807, 2.05) is 6.07 Å². The maximum atomic E-state index is 12.9. The highest BCUT2D eigenvalue weighted by Gasteiger charge is 2.33. The summed E-state index contributed by atoms with van der Waals surface area (Å²) in [7, 11) is 0. The number of alkyl halides is 3. The summed E-state index contributed by atoms with van der Waals surface area (Å²) >= 11 is 0. The van der Waals surface area contributed by atoms with Crippen LogP contribution in [0.3, 0.4) is 0 Å². The average molecular weight is 467 g/mol. The fraction of sp³-hybridized carbons (Fsp3) is 0.0833. The Hall–Kier alpha value is -4.47. The number of rotatable bonds is 5. The molecule has 1 aliphatic heterocycles. The molecule has 0 unspecified atom stereocenters. The van der Waals surface area contributed by atoms with Gasteiger partial charge in [0.25, 0.3) is 5.91 Å². The lowest BCUT2D eigenvalue weighted by Crippen LogP contribution is -2.21. The van der Waals surface area contributed by atoms with Gasteiger partial charge in [-0.25, -0.2) is 0 Å². The van der Waals surface area contributed by atoms with Crippen molar-refractivity contribution in [3.05, 3.63) is 99.6 Å². The van der Waals surface area contributed by atoms with Crippen LogP contribution in [0.15, 0.2) is 83.5 Å². The molecule has 0 bridgehead atoms. The predicted octanol–water partition coefficient (Wildman–Crippen LogP) is 6.21. The van der Waals surface area contributed by atoms with Gasteiger partial charge in [0.2, 0.25) is 5.75 Å². The molecule has 3 aromatic carbocycles. The summed E-state index contributed by atoms with van der Waals surface area (Å²) in [6.45, 7) is 1.69. The first-order chi connectivity index (χ1) is 16.1. The van der Waals surface area contributed by atoms with Gasteiger partial charge in [-0.1, -0.05) is 30.3 Å². The highest BCUT2D eigenvalue weighted by atomic mass is 19.4. The van der Waals surface area contributed by atoms with E-state index in [9.17, 15) is 28.1 Å². The summed E-state index contributed by atoms with van der Waals surface area (Å²) in [6, 6.07) is 17.2. The number of halogens is 3. The largest absolute Gasteiger partial charge is 0.450 e. The molecule has 1 amide bonds. The summed E-state index contributed by atoms with van der Waals surface area (Å²) in [5.74, 6) is -0.515. The Balaban J connectivity index is 1.61. The molecule has 1 heterocycles. The quantitative estimate of drug-likeness (QED) is 0.254. The van der Waals surface area contributed by atoms with Gasteiger partial charge in [-0.3, -0.25) is 14.9 Å². The number of amides is 1. The summed E-state index contributed by atoms with van der Waals surface area (Å²) in [6.07, 6.45) is -3.13. The van der Waals surface area contributed by atoms with Crippen LogP contribution in [0.1, 0.15) is 18.1 Å². The Morgan fingerprint density at radius 1 is 1.03 bits per heavy atom. The number of nitro groups is 1. The van der Waals surface area contributed by atoms with Gasteiger partial charge in [0.1, 0.15) is 5.75 Å². The molecule has 0 N–H and O–H groups in total. The van der Waals surface area contributed by atoms with E-state index < -0.39 is 22.4 Å². The van der Waals surface area contributed by atoms with Gasteiger partial charge >= 0.3 is 11.9 Å². The van der Waals surface area contributed by atoms with Crippen molar-refractivity contribution in [1.29, 1.82) is 0 Å². The van der Waals surface area contributed by atoms with Gasteiger partial charge in [0.15, 0.2) is 0 Å². The zero-order valence-electron chi connectivity index (χ0n) is 17.6. The monoisotopic (exact) mass is 467 g/mol. The van der Waals surface area contributed by atoms with Crippen LogP contribution < -0.4 is 9.75 Å². The standard InChI is InChI=1S/C24H16F3N3O4/c1-15-20(23(31)29(28-15)18-7-3-2-4-8-18)13-16-6-5-9-19(12-16)34-22-11-10-17(24(25,26)27)14-21(22)30(32)33/h2-14H,1H3/b20-13+. The van der Waals surface area contributed by atoms with Crippen LogP contribution >= 0.6 is 0 Å². The zero-order chi connectivity index (χ0) is 24.5. The van der Waals surface area contributed by atoms with Crippen molar-refractivity contribution in [2.45, 2.75) is 13.1 Å². The summed E-state index contributed by atoms with van der Waals surface area (Å²) < 4.78 is 44.3. The van der Waals surface area contributed by atoms with Gasteiger partial charge in [0.05, 0.1) is 27.5 Å². The molecule has 0 saturated heterocycles. The number of carbonyl (C=O) groups excluding carboxylic acids is 1. The Morgan fingerprint density at radius 3 is 2.44 bits per heavy atom. The number of ether oxygens (including phenoxy) is 1. The van der Waals surface area contributed by atoms with E-state index in [1.54, 1.807) is 49.4 Å². The Bertz CT molecular complexity index is 1330. The highest BCUT2D eigenvalue weighted by Crippen LogP contribution is 2.38. The van der Waals surface area contributed by atoms with E-state index in [4.69, 9.17) is 4.74 Å². The molecule has 0 aliphatic carbocycles. The Morgan fingerprint density at radius 2 is 1.76 bits per heavy atom. The maximum absolute atomic E-state index is 12.9. The van der Waals surface area contributed by atoms with Gasteiger partial charge in [0, 0.05) is 6.07 Å². The molecule has 1 aliphatic rings. The molecule has 7 nitrogen and oxygen atoms in total. The first kappa shape index (κ1) is 22.7. The number of carbonyl (C=O) groups is 1. The fourth-order valence-electron chi connectivity index (χ4n) is 3.31. The molecule has 0 radical (unpaired) electrons. The van der Waals surface area contributed by atoms with Crippen molar-refractivity contribution in [1.82, 2.24) is 0 Å². The molecular formula is C24H16F3N3O4. The molecule has 3 aromatic rings. The second-order valence-corrected chi connectivity index (χ2v) is 7.31.